The van der Waals surface area contributed by atoms with Crippen LogP contribution in [0.2, 0.25) is 0 Å². The number of phenolic OH excluding ortho intramolecular Hbond substituents is 1. The highest BCUT2D eigenvalue weighted by Crippen LogP contribution is 2.32. The summed E-state index contributed by atoms with van der Waals surface area (Å²) in [5, 5.41) is 25.4. The molecule has 18 heteroatoms. The highest BCUT2D eigenvalue weighted by atomic mass is 16.5. The maximum atomic E-state index is 13.5. The number of aromatic nitrogens is 8. The Morgan fingerprint density at radius 3 is 1.64 bits per heavy atom. The number of anilines is 2. The lowest BCUT2D eigenvalue weighted by atomic mass is 10.1. The Morgan fingerprint density at radius 2 is 1.19 bits per heavy atom. The van der Waals surface area contributed by atoms with E-state index in [1.807, 2.05) is 13.8 Å². The van der Waals surface area contributed by atoms with E-state index in [1.54, 1.807) is 56.6 Å². The number of fused-ring (bicyclic) bond motifs is 2. The summed E-state index contributed by atoms with van der Waals surface area (Å²) < 4.78 is 12.0. The Bertz CT molecular complexity index is 2470. The fourth-order valence-electron chi connectivity index (χ4n) is 6.09. The monoisotopic (exact) mass is 722 g/mol. The molecule has 6 aromatic rings. The molecule has 0 saturated carbocycles. The molecule has 2 aromatic carbocycles. The topological polar surface area (TPSA) is 245 Å². The number of benzene rings is 2. The van der Waals surface area contributed by atoms with Crippen LogP contribution in [0.15, 0.2) is 48.6 Å². The number of carbonyl (C=O) groups excluding carboxylic acids is 4. The predicted molar refractivity (Wildman–Crippen MR) is 195 cm³/mol. The average molecular weight is 723 g/mol. The number of ether oxygens (including phenoxy) is 1. The molecule has 4 aromatic heterocycles. The third-order valence-corrected chi connectivity index (χ3v) is 8.48. The molecule has 0 radical (unpaired) electrons. The lowest BCUT2D eigenvalue weighted by Crippen LogP contribution is -2.20. The van der Waals surface area contributed by atoms with Crippen molar-refractivity contribution < 1.29 is 29.0 Å². The molecule has 7 N–H and O–H groups in total. The van der Waals surface area contributed by atoms with Gasteiger partial charge in [0.25, 0.3) is 11.8 Å². The van der Waals surface area contributed by atoms with Gasteiger partial charge >= 0.3 is 0 Å². The molecule has 4 amide bonds. The van der Waals surface area contributed by atoms with Gasteiger partial charge in [-0.2, -0.15) is 10.2 Å². The zero-order valence-corrected chi connectivity index (χ0v) is 29.7. The van der Waals surface area contributed by atoms with Crippen molar-refractivity contribution >= 4 is 57.6 Å². The van der Waals surface area contributed by atoms with Crippen LogP contribution in [0.3, 0.4) is 0 Å². The Kier molecular flexibility index (Phi) is 9.69. The number of rotatable bonds is 13. The molecule has 53 heavy (non-hydrogen) atoms. The molecule has 0 aliphatic heterocycles. The van der Waals surface area contributed by atoms with Crippen molar-refractivity contribution in [1.82, 2.24) is 38.7 Å². The van der Waals surface area contributed by atoms with Crippen molar-refractivity contribution in [2.75, 3.05) is 17.7 Å². The van der Waals surface area contributed by atoms with Crippen LogP contribution in [0.1, 0.15) is 66.9 Å². The van der Waals surface area contributed by atoms with Crippen LogP contribution < -0.4 is 26.8 Å². The Balaban J connectivity index is 1.38. The SMILES string of the molecule is CCn1nc(C)cc1C(=O)Nc1nc2cc(C(N)=O)cc(O)c2n1C/C=C/Cn1c(NC(=O)c2cc(C)nn2CC)nc2cc(C(N)=O)cc(OC)c21. The zero-order valence-electron chi connectivity index (χ0n) is 29.7. The number of primary amides is 2. The van der Waals surface area contributed by atoms with Gasteiger partial charge in [0.2, 0.25) is 23.7 Å². The van der Waals surface area contributed by atoms with Crippen molar-refractivity contribution in [3.05, 3.63) is 82.5 Å². The third kappa shape index (κ3) is 6.88. The molecule has 274 valence electrons. The first-order chi connectivity index (χ1) is 25.3. The second-order valence-corrected chi connectivity index (χ2v) is 12.1. The van der Waals surface area contributed by atoms with Crippen molar-refractivity contribution in [3.63, 3.8) is 0 Å². The van der Waals surface area contributed by atoms with Crippen LogP contribution >= 0.6 is 0 Å². The van der Waals surface area contributed by atoms with Gasteiger partial charge in [0.05, 0.1) is 29.5 Å². The van der Waals surface area contributed by atoms with Gasteiger partial charge in [-0.1, -0.05) is 12.2 Å². The Morgan fingerprint density at radius 1 is 0.736 bits per heavy atom. The van der Waals surface area contributed by atoms with Gasteiger partial charge in [0, 0.05) is 37.3 Å². The van der Waals surface area contributed by atoms with Crippen LogP contribution in [0.25, 0.3) is 22.1 Å². The first-order valence-electron chi connectivity index (χ1n) is 16.6. The lowest BCUT2D eigenvalue weighted by Gasteiger charge is -2.12. The molecule has 0 bridgehead atoms. The fraction of sp³-hybridized carbons (Fsp3) is 0.257. The number of nitrogens with one attached hydrogen (secondary N) is 2. The first kappa shape index (κ1) is 35.8. The van der Waals surface area contributed by atoms with Crippen LogP contribution in [0.5, 0.6) is 11.5 Å². The summed E-state index contributed by atoms with van der Waals surface area (Å²) in [6, 6.07) is 8.99. The molecule has 0 spiro atoms. The summed E-state index contributed by atoms with van der Waals surface area (Å²) in [6.45, 7) is 8.47. The van der Waals surface area contributed by atoms with Crippen LogP contribution in [0.4, 0.5) is 11.9 Å². The van der Waals surface area contributed by atoms with Crippen LogP contribution in [-0.4, -0.2) is 74.5 Å². The lowest BCUT2D eigenvalue weighted by molar-refractivity contribution is 0.0991. The van der Waals surface area contributed by atoms with Crippen molar-refractivity contribution in [2.45, 2.75) is 53.9 Å². The van der Waals surface area contributed by atoms with Gasteiger partial charge in [-0.3, -0.25) is 39.2 Å². The van der Waals surface area contributed by atoms with Crippen LogP contribution in [-0.2, 0) is 26.2 Å². The summed E-state index contributed by atoms with van der Waals surface area (Å²) in [5.74, 6) is -2.07. The van der Waals surface area contributed by atoms with Gasteiger partial charge in [-0.05, 0) is 64.1 Å². The predicted octanol–water partition coefficient (Wildman–Crippen LogP) is 3.11. The quantitative estimate of drug-likeness (QED) is 0.109. The Labute approximate surface area is 302 Å². The number of hydrogen-bond acceptors (Lipinski definition) is 10. The van der Waals surface area contributed by atoms with E-state index in [0.29, 0.717) is 52.6 Å². The second kappa shape index (κ2) is 14.3. The summed E-state index contributed by atoms with van der Waals surface area (Å²) in [5.41, 5.74) is 14.6. The molecule has 0 aliphatic rings. The standard InChI is InChI=1S/C35H38N12O6/c1-6-46-24(12-18(3)42-46)32(51)40-34-38-22-14-20(30(36)49)16-26(48)28(22)44(34)10-8-9-11-45-29-23(15-21(31(37)50)17-27(29)53-5)39-35(45)41-33(52)25-13-19(4)43-47(25)7-2/h8-9,12-17,48H,6-7,10-11H2,1-5H3,(H2,36,49)(H2,37,50)(H,38,40,51)(H,39,41,52)/b9-8+. The van der Waals surface area contributed by atoms with Gasteiger partial charge in [0.1, 0.15) is 33.9 Å². The molecule has 0 saturated heterocycles. The number of imidazole rings is 2. The number of allylic oxidation sites excluding steroid dienone is 2. The second-order valence-electron chi connectivity index (χ2n) is 12.1. The van der Waals surface area contributed by atoms with E-state index < -0.39 is 23.6 Å². The number of aromatic hydroxyl groups is 1. The van der Waals surface area contributed by atoms with Gasteiger partial charge < -0.3 is 30.4 Å². The van der Waals surface area contributed by atoms with Gasteiger partial charge in [0.15, 0.2) is 0 Å². The molecule has 0 fully saturated rings. The fourth-order valence-corrected chi connectivity index (χ4v) is 6.09. The number of nitrogens with two attached hydrogens (primary N) is 2. The van der Waals surface area contributed by atoms with E-state index in [4.69, 9.17) is 16.2 Å². The largest absolute Gasteiger partial charge is 0.506 e. The maximum Gasteiger partial charge on any atom is 0.276 e. The highest BCUT2D eigenvalue weighted by molar-refractivity contribution is 6.05. The summed E-state index contributed by atoms with van der Waals surface area (Å²) in [7, 11) is 1.44. The van der Waals surface area contributed by atoms with Crippen LogP contribution in [0, 0.1) is 13.8 Å². The van der Waals surface area contributed by atoms with Crippen molar-refractivity contribution in [2.24, 2.45) is 11.5 Å². The minimum Gasteiger partial charge on any atom is -0.506 e. The maximum absolute atomic E-state index is 13.5. The van der Waals surface area contributed by atoms with Crippen molar-refractivity contribution in [1.29, 1.82) is 0 Å². The molecular weight excluding hydrogens is 684 g/mol. The molecular formula is C35H38N12O6. The highest BCUT2D eigenvalue weighted by Gasteiger charge is 2.23. The summed E-state index contributed by atoms with van der Waals surface area (Å²) in [6.07, 6.45) is 3.54. The smallest absolute Gasteiger partial charge is 0.276 e. The molecule has 18 nitrogen and oxygen atoms in total. The number of hydrogen-bond donors (Lipinski definition) is 5. The zero-order chi connectivity index (χ0) is 38.1. The Hall–Kier alpha value is -6.98. The van der Waals surface area contributed by atoms with E-state index in [-0.39, 0.29) is 52.9 Å². The minimum atomic E-state index is -0.757. The van der Waals surface area contributed by atoms with Gasteiger partial charge in [-0.25, -0.2) is 9.97 Å². The van der Waals surface area contributed by atoms with E-state index in [1.165, 1.54) is 31.4 Å². The van der Waals surface area contributed by atoms with Crippen molar-refractivity contribution in [3.8, 4) is 11.5 Å². The molecule has 6 rings (SSSR count). The average Bonchev–Trinajstić information content (AvgIpc) is 3.88. The number of amides is 4. The third-order valence-electron chi connectivity index (χ3n) is 8.48. The molecule has 0 atom stereocenters. The summed E-state index contributed by atoms with van der Waals surface area (Å²) >= 11 is 0. The number of aryl methyl sites for hydroxylation is 4. The normalized spacial score (nSPS) is 11.5. The molecule has 0 unspecified atom stereocenters. The van der Waals surface area contributed by atoms with E-state index in [2.05, 4.69) is 30.8 Å². The van der Waals surface area contributed by atoms with Gasteiger partial charge in [-0.15, -0.1) is 0 Å². The van der Waals surface area contributed by atoms with E-state index in [0.717, 1.165) is 0 Å². The number of nitrogens with zero attached hydrogens (tertiary/aromatic N) is 8. The van der Waals surface area contributed by atoms with E-state index >= 15 is 0 Å². The minimum absolute atomic E-state index is 0.0416. The number of carbonyl (C=O) groups is 4. The molecule has 4 heterocycles. The number of phenols is 1. The molecule has 0 aliphatic carbocycles. The first-order valence-corrected chi connectivity index (χ1v) is 16.6. The summed E-state index contributed by atoms with van der Waals surface area (Å²) in [4.78, 5) is 60.1. The number of methoxy groups -OCH3 is 1. The van der Waals surface area contributed by atoms with E-state index in [9.17, 15) is 24.3 Å².